The van der Waals surface area contributed by atoms with E-state index in [-0.39, 0.29) is 12.4 Å². The van der Waals surface area contributed by atoms with E-state index in [4.69, 9.17) is 0 Å². The van der Waals surface area contributed by atoms with Crippen LogP contribution in [0.15, 0.2) is 35.7 Å². The standard InChI is InChI=1S/C15H15FN2O2.C3H8/c16-13(10-4-3-7-17-8-10)9-18-14(19)11-5-1-2-6-12(11)15(18)20;1-3-2/h1-2,5-6,17H,3-4,7-9H2;3H2,1-2H3/b13-10+;. The van der Waals surface area contributed by atoms with Crippen LogP contribution >= 0.6 is 0 Å². The van der Waals surface area contributed by atoms with Crippen LogP contribution in [0.2, 0.25) is 0 Å². The Morgan fingerprint density at radius 3 is 2.22 bits per heavy atom. The highest BCUT2D eigenvalue weighted by atomic mass is 19.1. The molecule has 23 heavy (non-hydrogen) atoms. The summed E-state index contributed by atoms with van der Waals surface area (Å²) in [6.07, 6.45) is 2.81. The van der Waals surface area contributed by atoms with Gasteiger partial charge in [0.05, 0.1) is 17.7 Å². The summed E-state index contributed by atoms with van der Waals surface area (Å²) in [4.78, 5) is 25.2. The number of carbonyl (C=O) groups is 2. The summed E-state index contributed by atoms with van der Waals surface area (Å²) in [7, 11) is 0. The molecule has 0 aromatic heterocycles. The smallest absolute Gasteiger partial charge is 0.261 e. The molecule has 0 spiro atoms. The molecular weight excluding hydrogens is 295 g/mol. The first-order chi connectivity index (χ1) is 11.1. The molecule has 5 heteroatoms. The van der Waals surface area contributed by atoms with E-state index in [0.29, 0.717) is 29.7 Å². The van der Waals surface area contributed by atoms with E-state index >= 15 is 0 Å². The van der Waals surface area contributed by atoms with Crippen molar-refractivity contribution in [3.05, 3.63) is 46.8 Å². The average Bonchev–Trinajstić information content (AvgIpc) is 2.82. The summed E-state index contributed by atoms with van der Waals surface area (Å²) in [6.45, 7) is 5.36. The minimum atomic E-state index is -0.412. The van der Waals surface area contributed by atoms with Crippen LogP contribution in [0.3, 0.4) is 0 Å². The maximum absolute atomic E-state index is 14.2. The molecule has 0 bridgehead atoms. The van der Waals surface area contributed by atoms with Crippen molar-refractivity contribution in [1.29, 1.82) is 0 Å². The molecule has 1 fully saturated rings. The van der Waals surface area contributed by atoms with Gasteiger partial charge in [-0.05, 0) is 37.1 Å². The number of nitrogens with zero attached hydrogens (tertiary/aromatic N) is 1. The Balaban J connectivity index is 0.000000595. The molecule has 1 saturated heterocycles. The van der Waals surface area contributed by atoms with Crippen molar-refractivity contribution in [1.82, 2.24) is 10.2 Å². The molecule has 0 saturated carbocycles. The van der Waals surface area contributed by atoms with Crippen LogP contribution < -0.4 is 5.32 Å². The number of hydrogen-bond donors (Lipinski definition) is 1. The van der Waals surface area contributed by atoms with E-state index in [0.717, 1.165) is 17.9 Å². The zero-order valence-corrected chi connectivity index (χ0v) is 13.7. The van der Waals surface area contributed by atoms with E-state index in [1.165, 1.54) is 6.42 Å². The number of benzene rings is 1. The fourth-order valence-corrected chi connectivity index (χ4v) is 2.62. The van der Waals surface area contributed by atoms with E-state index in [9.17, 15) is 14.0 Å². The summed E-state index contributed by atoms with van der Waals surface area (Å²) in [5.41, 5.74) is 1.38. The zero-order valence-electron chi connectivity index (χ0n) is 13.7. The summed E-state index contributed by atoms with van der Waals surface area (Å²) < 4.78 is 14.2. The summed E-state index contributed by atoms with van der Waals surface area (Å²) >= 11 is 0. The predicted octanol–water partition coefficient (Wildman–Crippen LogP) is 3.31. The highest BCUT2D eigenvalue weighted by Crippen LogP contribution is 2.25. The highest BCUT2D eigenvalue weighted by molar-refractivity contribution is 6.21. The third-order valence-corrected chi connectivity index (χ3v) is 3.73. The maximum atomic E-state index is 14.2. The normalized spacial score (nSPS) is 19.2. The van der Waals surface area contributed by atoms with Gasteiger partial charge in [0.1, 0.15) is 5.83 Å². The van der Waals surface area contributed by atoms with Gasteiger partial charge in [-0.1, -0.05) is 32.4 Å². The van der Waals surface area contributed by atoms with Gasteiger partial charge in [-0.3, -0.25) is 14.5 Å². The van der Waals surface area contributed by atoms with Crippen molar-refractivity contribution in [2.45, 2.75) is 33.1 Å². The molecule has 2 amide bonds. The molecule has 0 atom stereocenters. The molecule has 1 aromatic carbocycles. The molecule has 0 radical (unpaired) electrons. The molecule has 2 aliphatic heterocycles. The molecule has 0 aliphatic carbocycles. The maximum Gasteiger partial charge on any atom is 0.261 e. The van der Waals surface area contributed by atoms with E-state index < -0.39 is 11.8 Å². The Bertz CT molecular complexity index is 582. The van der Waals surface area contributed by atoms with Crippen molar-refractivity contribution in [3.8, 4) is 0 Å². The molecule has 1 N–H and O–H groups in total. The lowest BCUT2D eigenvalue weighted by Gasteiger charge is -2.19. The second-order valence-electron chi connectivity index (χ2n) is 5.74. The highest BCUT2D eigenvalue weighted by Gasteiger charge is 2.35. The number of piperidine rings is 1. The summed E-state index contributed by atoms with van der Waals surface area (Å²) in [5, 5.41) is 3.09. The van der Waals surface area contributed by atoms with Gasteiger partial charge in [-0.25, -0.2) is 4.39 Å². The van der Waals surface area contributed by atoms with Crippen molar-refractivity contribution < 1.29 is 14.0 Å². The molecular formula is C18H23FN2O2. The number of carbonyl (C=O) groups excluding carboxylic acids is 2. The van der Waals surface area contributed by atoms with Crippen LogP contribution in [-0.2, 0) is 0 Å². The van der Waals surface area contributed by atoms with Crippen LogP contribution in [0.1, 0.15) is 53.8 Å². The quantitative estimate of drug-likeness (QED) is 0.851. The van der Waals surface area contributed by atoms with Crippen LogP contribution in [0.5, 0.6) is 0 Å². The Hall–Kier alpha value is -2.01. The SMILES string of the molecule is CCC.O=C1c2ccccc2C(=O)N1C/C(F)=C1/CCCNC1. The molecule has 124 valence electrons. The van der Waals surface area contributed by atoms with Gasteiger partial charge >= 0.3 is 0 Å². The number of hydrogen-bond acceptors (Lipinski definition) is 3. The zero-order chi connectivity index (χ0) is 16.8. The largest absolute Gasteiger partial charge is 0.313 e. The molecule has 2 heterocycles. The molecule has 2 aliphatic rings. The van der Waals surface area contributed by atoms with Crippen LogP contribution in [0, 0.1) is 0 Å². The van der Waals surface area contributed by atoms with E-state index in [1.54, 1.807) is 24.3 Å². The lowest BCUT2D eigenvalue weighted by atomic mass is 10.1. The van der Waals surface area contributed by atoms with Gasteiger partial charge in [0.2, 0.25) is 0 Å². The summed E-state index contributed by atoms with van der Waals surface area (Å²) in [6, 6.07) is 6.60. The molecule has 1 aromatic rings. The van der Waals surface area contributed by atoms with Gasteiger partial charge in [-0.15, -0.1) is 0 Å². The van der Waals surface area contributed by atoms with E-state index in [2.05, 4.69) is 19.2 Å². The van der Waals surface area contributed by atoms with E-state index in [1.807, 2.05) is 0 Å². The number of halogens is 1. The Morgan fingerprint density at radius 1 is 1.17 bits per heavy atom. The predicted molar refractivity (Wildman–Crippen MR) is 88.0 cm³/mol. The van der Waals surface area contributed by atoms with Gasteiger partial charge in [0.15, 0.2) is 0 Å². The average molecular weight is 318 g/mol. The van der Waals surface area contributed by atoms with Crippen molar-refractivity contribution in [2.75, 3.05) is 19.6 Å². The van der Waals surface area contributed by atoms with Crippen LogP contribution in [0.4, 0.5) is 4.39 Å². The van der Waals surface area contributed by atoms with Crippen LogP contribution in [-0.4, -0.2) is 36.3 Å². The topological polar surface area (TPSA) is 49.4 Å². The Morgan fingerprint density at radius 2 is 1.74 bits per heavy atom. The minimum absolute atomic E-state index is 0.261. The lowest BCUT2D eigenvalue weighted by molar-refractivity contribution is 0.0659. The van der Waals surface area contributed by atoms with Gasteiger partial charge in [-0.2, -0.15) is 0 Å². The van der Waals surface area contributed by atoms with Crippen LogP contribution in [0.25, 0.3) is 0 Å². The summed E-state index contributed by atoms with van der Waals surface area (Å²) in [5.74, 6) is -1.19. The first-order valence-electron chi connectivity index (χ1n) is 8.12. The first-order valence-corrected chi connectivity index (χ1v) is 8.12. The van der Waals surface area contributed by atoms with Crippen molar-refractivity contribution in [2.24, 2.45) is 0 Å². The minimum Gasteiger partial charge on any atom is -0.313 e. The molecule has 3 rings (SSSR count). The second-order valence-corrected chi connectivity index (χ2v) is 5.74. The third-order valence-electron chi connectivity index (χ3n) is 3.73. The number of amides is 2. The number of imide groups is 1. The third kappa shape index (κ3) is 3.85. The van der Waals surface area contributed by atoms with Gasteiger partial charge in [0.25, 0.3) is 11.8 Å². The first kappa shape index (κ1) is 17.3. The van der Waals surface area contributed by atoms with Gasteiger partial charge in [0, 0.05) is 6.54 Å². The molecule has 4 nitrogen and oxygen atoms in total. The Kier molecular flexibility index (Phi) is 6.04. The van der Waals surface area contributed by atoms with Crippen molar-refractivity contribution >= 4 is 11.8 Å². The second kappa shape index (κ2) is 8.02. The number of fused-ring (bicyclic) bond motifs is 1. The fourth-order valence-electron chi connectivity index (χ4n) is 2.62. The fraction of sp³-hybridized carbons (Fsp3) is 0.444. The number of nitrogens with one attached hydrogen (secondary N) is 1. The van der Waals surface area contributed by atoms with Crippen molar-refractivity contribution in [3.63, 3.8) is 0 Å². The monoisotopic (exact) mass is 318 g/mol. The number of rotatable bonds is 2. The van der Waals surface area contributed by atoms with Gasteiger partial charge < -0.3 is 5.32 Å². The Labute approximate surface area is 136 Å². The molecule has 0 unspecified atom stereocenters. The lowest BCUT2D eigenvalue weighted by Crippen LogP contribution is -2.32.